The van der Waals surface area contributed by atoms with Crippen LogP contribution < -0.4 is 9.64 Å². The Morgan fingerprint density at radius 3 is 2.49 bits per heavy atom. The smallest absolute Gasteiger partial charge is 0.340 e. The highest BCUT2D eigenvalue weighted by molar-refractivity contribution is 5.98. The zero-order chi connectivity index (χ0) is 29.0. The van der Waals surface area contributed by atoms with Crippen LogP contribution in [0.4, 0.5) is 5.69 Å². The molecule has 1 atom stereocenters. The Morgan fingerprint density at radius 2 is 1.73 bits per heavy atom. The first-order chi connectivity index (χ1) is 20.0. The number of hydrogen-bond donors (Lipinski definition) is 0. The predicted molar refractivity (Wildman–Crippen MR) is 166 cm³/mol. The average molecular weight is 554 g/mol. The van der Waals surface area contributed by atoms with Crippen molar-refractivity contribution in [3.05, 3.63) is 88.9 Å². The van der Waals surface area contributed by atoms with Gasteiger partial charge in [-0.15, -0.1) is 0 Å². The normalized spacial score (nSPS) is 16.2. The lowest BCUT2D eigenvalue weighted by Crippen LogP contribution is -2.32. The molecule has 0 saturated carbocycles. The van der Waals surface area contributed by atoms with E-state index >= 15 is 0 Å². The number of cyclic esters (lactones) is 1. The highest BCUT2D eigenvalue weighted by Gasteiger charge is 2.53. The summed E-state index contributed by atoms with van der Waals surface area (Å²) in [6.07, 6.45) is 8.85. The Labute approximate surface area is 244 Å². The number of nitrogens with zero attached hydrogens (tertiary/aromatic N) is 3. The van der Waals surface area contributed by atoms with E-state index in [1.54, 1.807) is 18.5 Å². The van der Waals surface area contributed by atoms with Gasteiger partial charge in [-0.1, -0.05) is 51.3 Å². The third kappa shape index (κ3) is 4.98. The second-order valence-electron chi connectivity index (χ2n) is 10.9. The molecular weight excluding hydrogens is 510 g/mol. The van der Waals surface area contributed by atoms with Crippen LogP contribution in [0.1, 0.15) is 92.5 Å². The fourth-order valence-corrected chi connectivity index (χ4v) is 6.34. The summed E-state index contributed by atoms with van der Waals surface area (Å²) < 4.78 is 15.6. The number of unbranched alkanes of at least 4 members (excludes halogenated alkanes) is 3. The van der Waals surface area contributed by atoms with Crippen molar-refractivity contribution in [2.24, 2.45) is 0 Å². The first-order valence-electron chi connectivity index (χ1n) is 15.3. The fraction of sp³-hybridized carbons (Fsp3) is 0.429. The Hall–Kier alpha value is -3.80. The zero-order valence-corrected chi connectivity index (χ0v) is 25.2. The molecule has 6 heteroatoms. The molecule has 41 heavy (non-hydrogen) atoms. The summed E-state index contributed by atoms with van der Waals surface area (Å²) in [7, 11) is 0. The third-order valence-electron chi connectivity index (χ3n) is 8.46. The standard InChI is InChI=1S/C35H43N3O3/c1-6-10-14-21-38-25(5)33(28-15-12-13-16-31(28)38)35(30-24-36-20-19-27(30)34(39)41-35)29-18-17-26(37(8-3)9-4)23-32(29)40-22-11-7-2/h12-13,15-20,23-24H,6-11,14,21-22H2,1-5H3. The maximum atomic E-state index is 13.6. The van der Waals surface area contributed by atoms with E-state index in [0.29, 0.717) is 12.2 Å². The van der Waals surface area contributed by atoms with Gasteiger partial charge < -0.3 is 18.9 Å². The first-order valence-corrected chi connectivity index (χ1v) is 15.3. The van der Waals surface area contributed by atoms with Crippen molar-refractivity contribution in [2.45, 2.75) is 78.9 Å². The van der Waals surface area contributed by atoms with Crippen molar-refractivity contribution in [2.75, 3.05) is 24.6 Å². The molecule has 2 aromatic carbocycles. The topological polar surface area (TPSA) is 56.6 Å². The Kier molecular flexibility index (Phi) is 8.67. The number of para-hydroxylation sites is 1. The molecule has 0 radical (unpaired) electrons. The number of hydrogen-bond acceptors (Lipinski definition) is 5. The molecule has 0 amide bonds. The second-order valence-corrected chi connectivity index (χ2v) is 10.9. The summed E-state index contributed by atoms with van der Waals surface area (Å²) in [5, 5.41) is 1.08. The predicted octanol–water partition coefficient (Wildman–Crippen LogP) is 8.02. The van der Waals surface area contributed by atoms with Gasteiger partial charge in [0.15, 0.2) is 5.60 Å². The van der Waals surface area contributed by atoms with Gasteiger partial charge in [0.2, 0.25) is 0 Å². The van der Waals surface area contributed by atoms with Crippen LogP contribution >= 0.6 is 0 Å². The first kappa shape index (κ1) is 28.7. The van der Waals surface area contributed by atoms with Gasteiger partial charge in [0, 0.05) is 77.1 Å². The maximum absolute atomic E-state index is 13.6. The molecule has 1 unspecified atom stereocenters. The molecule has 2 aromatic heterocycles. The highest BCUT2D eigenvalue weighted by atomic mass is 16.6. The van der Waals surface area contributed by atoms with Gasteiger partial charge in [-0.2, -0.15) is 0 Å². The Balaban J connectivity index is 1.83. The maximum Gasteiger partial charge on any atom is 0.340 e. The number of aryl methyl sites for hydroxylation is 1. The molecule has 5 rings (SSSR count). The van der Waals surface area contributed by atoms with E-state index in [0.717, 1.165) is 96.5 Å². The lowest BCUT2D eigenvalue weighted by molar-refractivity contribution is 0.0245. The molecule has 4 aromatic rings. The van der Waals surface area contributed by atoms with Crippen LogP contribution in [-0.2, 0) is 16.9 Å². The molecule has 0 N–H and O–H groups in total. The molecule has 0 saturated heterocycles. The number of fused-ring (bicyclic) bond motifs is 2. The summed E-state index contributed by atoms with van der Waals surface area (Å²) >= 11 is 0. The monoisotopic (exact) mass is 553 g/mol. The van der Waals surface area contributed by atoms with Crippen LogP contribution in [0.2, 0.25) is 0 Å². The SMILES string of the molecule is CCCCCn1c(C)c(C2(c3ccc(N(CC)CC)cc3OCCCC)OC(=O)c3ccncc32)c2ccccc21. The largest absolute Gasteiger partial charge is 0.493 e. The molecular formula is C35H43N3O3. The lowest BCUT2D eigenvalue weighted by atomic mass is 9.78. The van der Waals surface area contributed by atoms with E-state index in [-0.39, 0.29) is 5.97 Å². The van der Waals surface area contributed by atoms with Crippen molar-refractivity contribution in [3.63, 3.8) is 0 Å². The van der Waals surface area contributed by atoms with Crippen molar-refractivity contribution >= 4 is 22.6 Å². The van der Waals surface area contributed by atoms with Crippen LogP contribution in [0.15, 0.2) is 60.9 Å². The quantitative estimate of drug-likeness (QED) is 0.124. The molecule has 3 heterocycles. The van der Waals surface area contributed by atoms with Gasteiger partial charge in [-0.25, -0.2) is 4.79 Å². The summed E-state index contributed by atoms with van der Waals surface area (Å²) in [6, 6.07) is 16.6. The number of aromatic nitrogens is 2. The summed E-state index contributed by atoms with van der Waals surface area (Å²) in [5.74, 6) is 0.409. The van der Waals surface area contributed by atoms with Crippen molar-refractivity contribution in [1.82, 2.24) is 9.55 Å². The number of carbonyl (C=O) groups excluding carboxylic acids is 1. The van der Waals surface area contributed by atoms with Crippen LogP contribution in [0, 0.1) is 6.92 Å². The van der Waals surface area contributed by atoms with E-state index in [1.165, 1.54) is 0 Å². The molecule has 0 spiro atoms. The summed E-state index contributed by atoms with van der Waals surface area (Å²) in [5.41, 5.74) is 5.29. The number of anilines is 1. The number of ether oxygens (including phenoxy) is 2. The molecule has 1 aliphatic rings. The Morgan fingerprint density at radius 1 is 0.951 bits per heavy atom. The highest BCUT2D eigenvalue weighted by Crippen LogP contribution is 2.53. The van der Waals surface area contributed by atoms with Gasteiger partial charge in [-0.05, 0) is 57.9 Å². The van der Waals surface area contributed by atoms with E-state index < -0.39 is 5.60 Å². The van der Waals surface area contributed by atoms with E-state index in [4.69, 9.17) is 9.47 Å². The lowest BCUT2D eigenvalue weighted by Gasteiger charge is -2.33. The molecule has 0 fully saturated rings. The summed E-state index contributed by atoms with van der Waals surface area (Å²) in [6.45, 7) is 14.1. The van der Waals surface area contributed by atoms with Gasteiger partial charge in [0.05, 0.1) is 12.2 Å². The van der Waals surface area contributed by atoms with Gasteiger partial charge in [0.1, 0.15) is 5.75 Å². The zero-order valence-electron chi connectivity index (χ0n) is 25.2. The average Bonchev–Trinajstić information content (AvgIpc) is 3.45. The van der Waals surface area contributed by atoms with Gasteiger partial charge in [-0.3, -0.25) is 4.98 Å². The van der Waals surface area contributed by atoms with E-state index in [9.17, 15) is 4.79 Å². The van der Waals surface area contributed by atoms with Crippen molar-refractivity contribution < 1.29 is 14.3 Å². The van der Waals surface area contributed by atoms with Crippen LogP contribution in [0.3, 0.4) is 0 Å². The van der Waals surface area contributed by atoms with Crippen molar-refractivity contribution in [1.29, 1.82) is 0 Å². The summed E-state index contributed by atoms with van der Waals surface area (Å²) in [4.78, 5) is 20.4. The molecule has 0 aliphatic carbocycles. The van der Waals surface area contributed by atoms with Gasteiger partial charge >= 0.3 is 5.97 Å². The van der Waals surface area contributed by atoms with Gasteiger partial charge in [0.25, 0.3) is 0 Å². The van der Waals surface area contributed by atoms with Crippen LogP contribution in [-0.4, -0.2) is 35.2 Å². The van der Waals surface area contributed by atoms with Crippen molar-refractivity contribution in [3.8, 4) is 5.75 Å². The minimum Gasteiger partial charge on any atom is -0.493 e. The number of carbonyl (C=O) groups is 1. The number of esters is 1. The number of benzene rings is 2. The fourth-order valence-electron chi connectivity index (χ4n) is 6.34. The molecule has 1 aliphatic heterocycles. The van der Waals surface area contributed by atoms with Crippen LogP contribution in [0.25, 0.3) is 10.9 Å². The van der Waals surface area contributed by atoms with E-state index in [2.05, 4.69) is 91.5 Å². The number of rotatable bonds is 13. The molecule has 0 bridgehead atoms. The minimum absolute atomic E-state index is 0.336. The van der Waals surface area contributed by atoms with E-state index in [1.807, 2.05) is 0 Å². The Bertz CT molecular complexity index is 1520. The number of pyridine rings is 1. The second kappa shape index (κ2) is 12.4. The molecule has 216 valence electrons. The minimum atomic E-state index is -1.19. The third-order valence-corrected chi connectivity index (χ3v) is 8.46. The molecule has 6 nitrogen and oxygen atoms in total. The van der Waals surface area contributed by atoms with Crippen LogP contribution in [0.5, 0.6) is 5.75 Å².